The van der Waals surface area contributed by atoms with Gasteiger partial charge in [0.05, 0.1) is 11.8 Å². The number of benzene rings is 1. The lowest BCUT2D eigenvalue weighted by Crippen LogP contribution is -2.42. The zero-order valence-electron chi connectivity index (χ0n) is 21.0. The van der Waals surface area contributed by atoms with Crippen LogP contribution in [0, 0.1) is 5.92 Å². The van der Waals surface area contributed by atoms with Crippen molar-refractivity contribution >= 4 is 31.6 Å². The quantitative estimate of drug-likeness (QED) is 0.433. The molecule has 0 aliphatic carbocycles. The number of amides is 2. The molecule has 2 fully saturated rings. The van der Waals surface area contributed by atoms with E-state index in [2.05, 4.69) is 15.6 Å². The summed E-state index contributed by atoms with van der Waals surface area (Å²) in [6.45, 7) is 6.37. The highest BCUT2D eigenvalue weighted by atomic mass is 28.4. The summed E-state index contributed by atoms with van der Waals surface area (Å²) in [7, 11) is -3.25. The molecule has 2 saturated heterocycles. The first-order chi connectivity index (χ1) is 17.1. The van der Waals surface area contributed by atoms with E-state index in [1.54, 1.807) is 28.9 Å². The number of fused-ring (bicyclic) bond motifs is 2. The summed E-state index contributed by atoms with van der Waals surface area (Å²) in [5, 5.41) is 20.3. The maximum absolute atomic E-state index is 15.8. The van der Waals surface area contributed by atoms with E-state index in [0.717, 1.165) is 18.5 Å². The fourth-order valence-corrected chi connectivity index (χ4v) is 8.85. The number of rotatable bonds is 7. The smallest absolute Gasteiger partial charge is 0.261 e. The zero-order chi connectivity index (χ0) is 25.7. The van der Waals surface area contributed by atoms with Gasteiger partial charge in [-0.25, -0.2) is 0 Å². The zero-order valence-corrected chi connectivity index (χ0v) is 22.0. The minimum Gasteiger partial charge on any atom is -0.396 e. The summed E-state index contributed by atoms with van der Waals surface area (Å²) in [6, 6.07) is 5.57. The fraction of sp³-hybridized carbons (Fsp3) is 0.600. The van der Waals surface area contributed by atoms with Crippen LogP contribution < -0.4 is 10.2 Å². The van der Waals surface area contributed by atoms with Gasteiger partial charge in [-0.2, -0.15) is 0 Å². The Morgan fingerprint density at radius 3 is 2.83 bits per heavy atom. The molecule has 4 atom stereocenters. The van der Waals surface area contributed by atoms with E-state index < -0.39 is 25.7 Å². The Bertz CT molecular complexity index is 1170. The summed E-state index contributed by atoms with van der Waals surface area (Å²) in [5.74, 6) is -0.582. The molecular weight excluding hydrogens is 481 g/mol. The van der Waals surface area contributed by atoms with Gasteiger partial charge >= 0.3 is 0 Å². The van der Waals surface area contributed by atoms with Crippen LogP contribution in [0.1, 0.15) is 43.9 Å². The number of aliphatic hydroxyl groups is 1. The lowest BCUT2D eigenvalue weighted by molar-refractivity contribution is -0.143. The molecule has 36 heavy (non-hydrogen) atoms. The highest BCUT2D eigenvalue weighted by molar-refractivity contribution is 6.72. The molecular formula is C25H34FN5O4Si. The predicted octanol–water partition coefficient (Wildman–Crippen LogP) is 3.15. The van der Waals surface area contributed by atoms with Gasteiger partial charge in [0.15, 0.2) is 5.60 Å². The predicted molar refractivity (Wildman–Crippen MR) is 135 cm³/mol. The Kier molecular flexibility index (Phi) is 6.50. The molecule has 0 saturated carbocycles. The monoisotopic (exact) mass is 515 g/mol. The molecule has 4 heterocycles. The van der Waals surface area contributed by atoms with E-state index in [1.165, 1.54) is 0 Å². The molecule has 11 heteroatoms. The van der Waals surface area contributed by atoms with Crippen molar-refractivity contribution in [1.82, 2.24) is 15.0 Å². The van der Waals surface area contributed by atoms with Crippen LogP contribution in [0.3, 0.4) is 0 Å². The van der Waals surface area contributed by atoms with Crippen LogP contribution in [0.5, 0.6) is 0 Å². The lowest BCUT2D eigenvalue weighted by Gasteiger charge is -2.31. The average Bonchev–Trinajstić information content (AvgIpc) is 3.48. The summed E-state index contributed by atoms with van der Waals surface area (Å²) in [5.41, 5.74) is 1.07. The molecule has 1 aromatic carbocycles. The molecule has 1 aromatic heterocycles. The second kappa shape index (κ2) is 9.35. The second-order valence-electron chi connectivity index (χ2n) is 10.7. The first-order valence-corrected chi connectivity index (χ1v) is 15.7. The number of nitrogens with zero attached hydrogens (tertiary/aromatic N) is 4. The van der Waals surface area contributed by atoms with Crippen molar-refractivity contribution in [3.05, 3.63) is 35.7 Å². The summed E-state index contributed by atoms with van der Waals surface area (Å²) < 4.78 is 24.1. The maximum Gasteiger partial charge on any atom is 0.261 e. The third-order valence-electron chi connectivity index (χ3n) is 7.93. The van der Waals surface area contributed by atoms with Crippen molar-refractivity contribution in [1.29, 1.82) is 0 Å². The average molecular weight is 516 g/mol. The van der Waals surface area contributed by atoms with Crippen LogP contribution >= 0.6 is 0 Å². The molecule has 2 aromatic rings. The number of hydrogen-bond donors (Lipinski definition) is 2. The van der Waals surface area contributed by atoms with Crippen LogP contribution in [-0.2, 0) is 32.9 Å². The number of hydrogen-bond acceptors (Lipinski definition) is 6. The number of ether oxygens (including phenoxy) is 1. The van der Waals surface area contributed by atoms with Gasteiger partial charge in [-0.05, 0) is 50.6 Å². The first-order valence-electron chi connectivity index (χ1n) is 12.8. The maximum atomic E-state index is 15.8. The second-order valence-corrected chi connectivity index (χ2v) is 14.5. The molecule has 3 aliphatic rings. The standard InChI is InChI=1S/C25H34FN5O4Si/c1-16-23(36(2,3)26)21(9-12-30-15-17(10-13-32)28-29-30)35-25(16)19-14-18(7-8-20(19)27-24(25)34)31-11-5-4-6-22(31)33/h7-8,14-16,21,23,32H,4-6,9-13H2,1-3H3,(H,27,34)/t16-,21+,23-,25+/m1/s1. The molecule has 2 N–H and O–H groups in total. The number of anilines is 2. The number of carbonyl (C=O) groups is 2. The Morgan fingerprint density at radius 2 is 2.11 bits per heavy atom. The van der Waals surface area contributed by atoms with Gasteiger partial charge in [-0.3, -0.25) is 14.3 Å². The lowest BCUT2D eigenvalue weighted by atomic mass is 9.82. The largest absolute Gasteiger partial charge is 0.396 e. The van der Waals surface area contributed by atoms with Crippen LogP contribution in [0.15, 0.2) is 24.4 Å². The number of aromatic nitrogens is 3. The molecule has 5 rings (SSSR count). The molecule has 3 aliphatic heterocycles. The van der Waals surface area contributed by atoms with E-state index in [1.807, 2.05) is 25.1 Å². The summed E-state index contributed by atoms with van der Waals surface area (Å²) in [6.07, 6.45) is 4.53. The normalized spacial score (nSPS) is 28.1. The summed E-state index contributed by atoms with van der Waals surface area (Å²) in [4.78, 5) is 27.9. The van der Waals surface area contributed by atoms with Crippen molar-refractivity contribution in [2.75, 3.05) is 23.4 Å². The van der Waals surface area contributed by atoms with E-state index in [-0.39, 0.29) is 24.3 Å². The Labute approximate surface area is 211 Å². The van der Waals surface area contributed by atoms with Crippen molar-refractivity contribution in [3.63, 3.8) is 0 Å². The van der Waals surface area contributed by atoms with E-state index in [9.17, 15) is 9.59 Å². The number of aryl methyl sites for hydroxylation is 1. The van der Waals surface area contributed by atoms with Gasteiger partial charge in [0.25, 0.3) is 5.91 Å². The van der Waals surface area contributed by atoms with Gasteiger partial charge < -0.3 is 24.2 Å². The third-order valence-corrected chi connectivity index (χ3v) is 10.4. The number of aliphatic hydroxyl groups excluding tert-OH is 1. The number of piperidine rings is 1. The number of nitrogens with one attached hydrogen (secondary N) is 1. The van der Waals surface area contributed by atoms with E-state index in [4.69, 9.17) is 9.84 Å². The fourth-order valence-electron chi connectivity index (χ4n) is 6.31. The highest BCUT2D eigenvalue weighted by Gasteiger charge is 2.65. The van der Waals surface area contributed by atoms with Crippen LogP contribution in [0.25, 0.3) is 0 Å². The molecule has 0 unspecified atom stereocenters. The Balaban J connectivity index is 1.47. The van der Waals surface area contributed by atoms with Crippen molar-refractivity contribution in [2.45, 2.75) is 75.9 Å². The van der Waals surface area contributed by atoms with Crippen molar-refractivity contribution in [3.8, 4) is 0 Å². The SMILES string of the molecule is C[C@@H]1[C@@H]([Si](C)(C)F)[C@H](CCn2cc(CCO)nn2)O[C@@]12C(=O)Nc1ccc(N3CCCCC3=O)cc12. The first kappa shape index (κ1) is 25.0. The molecule has 9 nitrogen and oxygen atoms in total. The van der Waals surface area contributed by atoms with Crippen molar-refractivity contribution < 1.29 is 23.5 Å². The van der Waals surface area contributed by atoms with Gasteiger partial charge in [0.2, 0.25) is 14.3 Å². The van der Waals surface area contributed by atoms with Gasteiger partial charge in [0.1, 0.15) is 0 Å². The molecule has 0 radical (unpaired) electrons. The molecule has 194 valence electrons. The van der Waals surface area contributed by atoms with Crippen LogP contribution in [-0.4, -0.2) is 59.6 Å². The van der Waals surface area contributed by atoms with E-state index in [0.29, 0.717) is 49.3 Å². The van der Waals surface area contributed by atoms with Crippen LogP contribution in [0.2, 0.25) is 18.6 Å². The molecule has 1 spiro atoms. The third kappa shape index (κ3) is 4.16. The Morgan fingerprint density at radius 1 is 1.31 bits per heavy atom. The molecule has 0 bridgehead atoms. The van der Waals surface area contributed by atoms with Crippen molar-refractivity contribution in [2.24, 2.45) is 5.92 Å². The van der Waals surface area contributed by atoms with Gasteiger partial charge in [0, 0.05) is 67.1 Å². The topological polar surface area (TPSA) is 110 Å². The minimum absolute atomic E-state index is 0.00624. The van der Waals surface area contributed by atoms with Gasteiger partial charge in [-0.15, -0.1) is 5.10 Å². The van der Waals surface area contributed by atoms with Crippen LogP contribution in [0.4, 0.5) is 15.5 Å². The van der Waals surface area contributed by atoms with Gasteiger partial charge in [-0.1, -0.05) is 12.1 Å². The Hall–Kier alpha value is -2.63. The molecule has 2 amide bonds. The number of carbonyl (C=O) groups excluding carboxylic acids is 2. The summed E-state index contributed by atoms with van der Waals surface area (Å²) >= 11 is 0. The number of halogens is 1. The minimum atomic E-state index is -3.25. The van der Waals surface area contributed by atoms with E-state index >= 15 is 4.11 Å². The highest BCUT2D eigenvalue weighted by Crippen LogP contribution is 2.59.